The van der Waals surface area contributed by atoms with Gasteiger partial charge in [-0.1, -0.05) is 55.5 Å². The fraction of sp³-hybridized carbons (Fsp3) is 0.150. The first kappa shape index (κ1) is 15.5. The van der Waals surface area contributed by atoms with E-state index in [4.69, 9.17) is 4.74 Å². The third-order valence-corrected chi connectivity index (χ3v) is 4.04. The molecule has 0 atom stereocenters. The SMILES string of the molecule is CCC(=O)OC1c2ccccc2C(=C(C#N)C#N)c2ccccc21. The van der Waals surface area contributed by atoms with Gasteiger partial charge in [0, 0.05) is 23.1 Å². The number of rotatable bonds is 2. The molecule has 4 heteroatoms. The molecule has 116 valence electrons. The highest BCUT2D eigenvalue weighted by Crippen LogP contribution is 2.44. The molecule has 0 saturated heterocycles. The van der Waals surface area contributed by atoms with Gasteiger partial charge in [0.05, 0.1) is 0 Å². The lowest BCUT2D eigenvalue weighted by atomic mass is 9.78. The van der Waals surface area contributed by atoms with Gasteiger partial charge in [0.2, 0.25) is 0 Å². The van der Waals surface area contributed by atoms with Crippen LogP contribution in [-0.4, -0.2) is 5.97 Å². The second kappa shape index (κ2) is 6.40. The van der Waals surface area contributed by atoms with E-state index in [9.17, 15) is 15.3 Å². The van der Waals surface area contributed by atoms with Crippen molar-refractivity contribution in [2.24, 2.45) is 0 Å². The summed E-state index contributed by atoms with van der Waals surface area (Å²) in [5.41, 5.74) is 3.73. The van der Waals surface area contributed by atoms with Gasteiger partial charge in [-0.2, -0.15) is 10.5 Å². The summed E-state index contributed by atoms with van der Waals surface area (Å²) in [6.07, 6.45) is -0.252. The van der Waals surface area contributed by atoms with Gasteiger partial charge < -0.3 is 4.74 Å². The van der Waals surface area contributed by atoms with Crippen molar-refractivity contribution < 1.29 is 9.53 Å². The molecule has 0 N–H and O–H groups in total. The van der Waals surface area contributed by atoms with E-state index in [1.807, 2.05) is 60.7 Å². The summed E-state index contributed by atoms with van der Waals surface area (Å²) in [6, 6.07) is 18.8. The summed E-state index contributed by atoms with van der Waals surface area (Å²) in [7, 11) is 0. The van der Waals surface area contributed by atoms with E-state index in [1.54, 1.807) is 6.92 Å². The van der Waals surface area contributed by atoms with Crippen molar-refractivity contribution in [2.45, 2.75) is 19.4 Å². The van der Waals surface area contributed by atoms with Crippen LogP contribution in [0.5, 0.6) is 0 Å². The van der Waals surface area contributed by atoms with Crippen LogP contribution in [0.3, 0.4) is 0 Å². The van der Waals surface area contributed by atoms with Gasteiger partial charge in [-0.15, -0.1) is 0 Å². The quantitative estimate of drug-likeness (QED) is 0.622. The highest BCUT2D eigenvalue weighted by atomic mass is 16.5. The normalized spacial score (nSPS) is 14.6. The first-order valence-corrected chi connectivity index (χ1v) is 7.63. The number of fused-ring (bicyclic) bond motifs is 2. The summed E-state index contributed by atoms with van der Waals surface area (Å²) in [6.45, 7) is 1.75. The Morgan fingerprint density at radius 2 is 1.50 bits per heavy atom. The predicted octanol–water partition coefficient (Wildman–Crippen LogP) is 3.89. The summed E-state index contributed by atoms with van der Waals surface area (Å²) >= 11 is 0. The highest BCUT2D eigenvalue weighted by Gasteiger charge is 2.32. The van der Waals surface area contributed by atoms with Crippen molar-refractivity contribution in [3.05, 3.63) is 76.4 Å². The van der Waals surface area contributed by atoms with Gasteiger partial charge in [0.1, 0.15) is 17.7 Å². The number of nitriles is 2. The van der Waals surface area contributed by atoms with Gasteiger partial charge in [-0.3, -0.25) is 4.79 Å². The number of nitrogens with zero attached hydrogens (tertiary/aromatic N) is 2. The van der Waals surface area contributed by atoms with Gasteiger partial charge in [-0.25, -0.2) is 0 Å². The molecule has 24 heavy (non-hydrogen) atoms. The van der Waals surface area contributed by atoms with Crippen LogP contribution in [0.2, 0.25) is 0 Å². The zero-order valence-corrected chi connectivity index (χ0v) is 13.1. The molecule has 0 radical (unpaired) electrons. The third-order valence-electron chi connectivity index (χ3n) is 4.04. The summed E-state index contributed by atoms with van der Waals surface area (Å²) in [4.78, 5) is 11.9. The average Bonchev–Trinajstić information content (AvgIpc) is 2.64. The molecular weight excluding hydrogens is 300 g/mol. The Labute approximate surface area is 140 Å². The fourth-order valence-electron chi connectivity index (χ4n) is 2.97. The number of allylic oxidation sites excluding steroid dienone is 1. The lowest BCUT2D eigenvalue weighted by Gasteiger charge is -2.30. The van der Waals surface area contributed by atoms with Gasteiger partial charge in [0.15, 0.2) is 6.10 Å². The average molecular weight is 314 g/mol. The van der Waals surface area contributed by atoms with Gasteiger partial charge >= 0.3 is 5.97 Å². The molecule has 2 aromatic carbocycles. The minimum absolute atomic E-state index is 0.0511. The van der Waals surface area contributed by atoms with E-state index in [0.29, 0.717) is 5.57 Å². The number of hydrogen-bond donors (Lipinski definition) is 0. The van der Waals surface area contributed by atoms with Crippen LogP contribution in [0, 0.1) is 22.7 Å². The summed E-state index contributed by atoms with van der Waals surface area (Å²) in [5, 5.41) is 18.7. The smallest absolute Gasteiger partial charge is 0.306 e. The molecular formula is C20H14N2O2. The number of hydrogen-bond acceptors (Lipinski definition) is 4. The van der Waals surface area contributed by atoms with E-state index in [0.717, 1.165) is 22.3 Å². The van der Waals surface area contributed by atoms with Crippen molar-refractivity contribution in [2.75, 3.05) is 0 Å². The number of esters is 1. The fourth-order valence-corrected chi connectivity index (χ4v) is 2.97. The molecule has 4 nitrogen and oxygen atoms in total. The van der Waals surface area contributed by atoms with E-state index in [-0.39, 0.29) is 18.0 Å². The molecule has 1 aliphatic carbocycles. The Balaban J connectivity index is 2.33. The maximum atomic E-state index is 11.9. The van der Waals surface area contributed by atoms with Crippen molar-refractivity contribution in [1.82, 2.24) is 0 Å². The lowest BCUT2D eigenvalue weighted by molar-refractivity contribution is -0.147. The molecule has 0 heterocycles. The first-order chi connectivity index (χ1) is 11.7. The second-order valence-electron chi connectivity index (χ2n) is 5.37. The van der Waals surface area contributed by atoms with Crippen LogP contribution in [0.15, 0.2) is 54.1 Å². The topological polar surface area (TPSA) is 73.9 Å². The number of benzene rings is 2. The summed E-state index contributed by atoms with van der Waals surface area (Å²) < 4.78 is 5.66. The van der Waals surface area contributed by atoms with Crippen LogP contribution in [0.1, 0.15) is 41.7 Å². The molecule has 0 aromatic heterocycles. The van der Waals surface area contributed by atoms with E-state index < -0.39 is 6.10 Å². The minimum atomic E-state index is -0.535. The number of ether oxygens (including phenoxy) is 1. The number of carbonyl (C=O) groups excluding carboxylic acids is 1. The van der Waals surface area contributed by atoms with E-state index in [2.05, 4.69) is 0 Å². The molecule has 3 rings (SSSR count). The molecule has 0 amide bonds. The minimum Gasteiger partial charge on any atom is -0.452 e. The zero-order chi connectivity index (χ0) is 17.1. The first-order valence-electron chi connectivity index (χ1n) is 7.63. The highest BCUT2D eigenvalue weighted by molar-refractivity contribution is 5.91. The molecule has 0 aliphatic heterocycles. The van der Waals surface area contributed by atoms with Crippen molar-refractivity contribution >= 4 is 11.5 Å². The Hall–Kier alpha value is -3.37. The Morgan fingerprint density at radius 3 is 1.96 bits per heavy atom. The maximum absolute atomic E-state index is 11.9. The molecule has 0 bridgehead atoms. The van der Waals surface area contributed by atoms with Crippen LogP contribution >= 0.6 is 0 Å². The predicted molar refractivity (Wildman–Crippen MR) is 88.4 cm³/mol. The summed E-state index contributed by atoms with van der Waals surface area (Å²) in [5.74, 6) is -0.294. The van der Waals surface area contributed by atoms with E-state index in [1.165, 1.54) is 0 Å². The molecule has 0 saturated carbocycles. The van der Waals surface area contributed by atoms with E-state index >= 15 is 0 Å². The Morgan fingerprint density at radius 1 is 1.00 bits per heavy atom. The van der Waals surface area contributed by atoms with Gasteiger partial charge in [0.25, 0.3) is 0 Å². The Bertz CT molecular complexity index is 864. The van der Waals surface area contributed by atoms with Gasteiger partial charge in [-0.05, 0) is 11.1 Å². The monoisotopic (exact) mass is 314 g/mol. The molecule has 1 aliphatic rings. The maximum Gasteiger partial charge on any atom is 0.306 e. The largest absolute Gasteiger partial charge is 0.452 e. The second-order valence-corrected chi connectivity index (χ2v) is 5.37. The third kappa shape index (κ3) is 2.45. The van der Waals surface area contributed by atoms with Crippen LogP contribution in [0.4, 0.5) is 0 Å². The molecule has 0 fully saturated rings. The van der Waals surface area contributed by atoms with Crippen molar-refractivity contribution in [3.8, 4) is 12.1 Å². The lowest BCUT2D eigenvalue weighted by Crippen LogP contribution is -2.19. The van der Waals surface area contributed by atoms with Crippen LogP contribution < -0.4 is 0 Å². The zero-order valence-electron chi connectivity index (χ0n) is 13.1. The molecule has 0 unspecified atom stereocenters. The van der Waals surface area contributed by atoms with Crippen molar-refractivity contribution in [1.29, 1.82) is 10.5 Å². The molecule has 2 aromatic rings. The van der Waals surface area contributed by atoms with Crippen LogP contribution in [-0.2, 0) is 9.53 Å². The Kier molecular flexibility index (Phi) is 4.14. The standard InChI is InChI=1S/C20H14N2O2/c1-2-18(23)24-20-16-9-5-3-7-14(16)19(13(11-21)12-22)15-8-4-6-10-17(15)20/h3-10,20H,2H2,1H3. The number of carbonyl (C=O) groups is 1. The van der Waals surface area contributed by atoms with Crippen molar-refractivity contribution in [3.63, 3.8) is 0 Å². The molecule has 0 spiro atoms. The van der Waals surface area contributed by atoms with Crippen LogP contribution in [0.25, 0.3) is 5.57 Å².